The molecular formula is C14H29NO2. The van der Waals surface area contributed by atoms with Gasteiger partial charge in [-0.1, -0.05) is 20.8 Å². The summed E-state index contributed by atoms with van der Waals surface area (Å²) in [5, 5.41) is 21.6. The van der Waals surface area contributed by atoms with Gasteiger partial charge >= 0.3 is 0 Å². The maximum Gasteiger partial charge on any atom is 0.0976 e. The summed E-state index contributed by atoms with van der Waals surface area (Å²) in [6, 6.07) is 0. The fraction of sp³-hybridized carbons (Fsp3) is 0.857. The molecule has 0 amide bonds. The highest BCUT2D eigenvalue weighted by Gasteiger charge is 2.26. The Morgan fingerprint density at radius 1 is 1.18 bits per heavy atom. The number of quaternary nitrogens is 1. The van der Waals surface area contributed by atoms with Crippen molar-refractivity contribution < 1.29 is 9.75 Å². The van der Waals surface area contributed by atoms with Gasteiger partial charge in [0, 0.05) is 0 Å². The number of rotatable bonds is 4. The van der Waals surface area contributed by atoms with E-state index in [1.54, 1.807) is 7.05 Å². The largest absolute Gasteiger partial charge is 0.632 e. The highest BCUT2D eigenvalue weighted by Crippen LogP contribution is 2.25. The number of hydroxylamine groups is 3. The van der Waals surface area contributed by atoms with Crippen molar-refractivity contribution in [1.29, 1.82) is 0 Å². The molecule has 0 aliphatic rings. The first-order valence-corrected chi connectivity index (χ1v) is 6.24. The molecule has 1 unspecified atom stereocenters. The third-order valence-corrected chi connectivity index (χ3v) is 3.11. The van der Waals surface area contributed by atoms with Crippen molar-refractivity contribution in [3.8, 4) is 0 Å². The van der Waals surface area contributed by atoms with E-state index in [9.17, 15) is 10.3 Å². The van der Waals surface area contributed by atoms with Crippen molar-refractivity contribution in [3.63, 3.8) is 0 Å². The molecule has 0 aliphatic heterocycles. The zero-order valence-corrected chi connectivity index (χ0v) is 12.5. The number of hydrogen-bond donors (Lipinski definition) is 1. The molecule has 3 heteroatoms. The first-order valence-electron chi connectivity index (χ1n) is 6.24. The molecule has 0 fully saturated rings. The van der Waals surface area contributed by atoms with Crippen molar-refractivity contribution in [2.45, 2.75) is 53.5 Å². The summed E-state index contributed by atoms with van der Waals surface area (Å²) >= 11 is 0. The Bertz CT molecular complexity index is 267. The number of aliphatic hydroxyl groups excluding tert-OH is 1. The quantitative estimate of drug-likeness (QED) is 0.468. The van der Waals surface area contributed by atoms with Crippen LogP contribution in [0.5, 0.6) is 0 Å². The molecule has 0 aromatic carbocycles. The van der Waals surface area contributed by atoms with Gasteiger partial charge in [0.15, 0.2) is 0 Å². The Hall–Kier alpha value is -0.380. The Morgan fingerprint density at radius 2 is 1.65 bits per heavy atom. The lowest BCUT2D eigenvalue weighted by Gasteiger charge is -2.49. The molecule has 0 radical (unpaired) electrons. The molecule has 0 rings (SSSR count). The predicted molar refractivity (Wildman–Crippen MR) is 73.4 cm³/mol. The lowest BCUT2D eigenvalue weighted by molar-refractivity contribution is -0.902. The van der Waals surface area contributed by atoms with Crippen LogP contribution in [0.25, 0.3) is 0 Å². The monoisotopic (exact) mass is 243 g/mol. The molecule has 0 spiro atoms. The molecule has 0 aromatic heterocycles. The van der Waals surface area contributed by atoms with Crippen molar-refractivity contribution in [3.05, 3.63) is 16.9 Å². The second-order valence-corrected chi connectivity index (χ2v) is 7.21. The van der Waals surface area contributed by atoms with E-state index in [-0.39, 0.29) is 22.2 Å². The zero-order chi connectivity index (χ0) is 13.9. The third-order valence-electron chi connectivity index (χ3n) is 3.11. The minimum Gasteiger partial charge on any atom is -0.632 e. The van der Waals surface area contributed by atoms with Crippen LogP contribution in [-0.4, -0.2) is 35.5 Å². The summed E-state index contributed by atoms with van der Waals surface area (Å²) in [6.07, 6.45) is 2.73. The SMILES string of the molecule is CC(C)(C)CC(=CC[N+](C)([O-])C(C)(C)C)CO. The minimum atomic E-state index is -0.335. The summed E-state index contributed by atoms with van der Waals surface area (Å²) < 4.78 is -0.319. The van der Waals surface area contributed by atoms with E-state index in [0.29, 0.717) is 6.54 Å². The number of nitrogens with zero attached hydrogens (tertiary/aromatic N) is 1. The average Bonchev–Trinajstić information content (AvgIpc) is 2.08. The van der Waals surface area contributed by atoms with Gasteiger partial charge in [-0.25, -0.2) is 0 Å². The Morgan fingerprint density at radius 3 is 1.94 bits per heavy atom. The summed E-state index contributed by atoms with van der Waals surface area (Å²) in [6.45, 7) is 12.7. The highest BCUT2D eigenvalue weighted by atomic mass is 16.5. The predicted octanol–water partition coefficient (Wildman–Crippen LogP) is 3.08. The maximum absolute atomic E-state index is 12.3. The second kappa shape index (κ2) is 5.51. The summed E-state index contributed by atoms with van der Waals surface area (Å²) in [4.78, 5) is 0. The molecule has 0 aliphatic carbocycles. The molecule has 0 heterocycles. The topological polar surface area (TPSA) is 43.3 Å². The van der Waals surface area contributed by atoms with Crippen LogP contribution in [0, 0.1) is 10.6 Å². The minimum absolute atomic E-state index is 0.0431. The van der Waals surface area contributed by atoms with Gasteiger partial charge in [-0.3, -0.25) is 0 Å². The summed E-state index contributed by atoms with van der Waals surface area (Å²) in [5.74, 6) is 0. The van der Waals surface area contributed by atoms with E-state index in [2.05, 4.69) is 20.8 Å². The third kappa shape index (κ3) is 6.20. The number of hydrogen-bond acceptors (Lipinski definition) is 2. The fourth-order valence-corrected chi connectivity index (χ4v) is 1.45. The Balaban J connectivity index is 4.68. The standard InChI is InChI=1S/C14H29NO2/c1-13(2,3)10-12(11-16)8-9-15(7,17)14(4,5)6/h8,16H,9-11H2,1-7H3. The lowest BCUT2D eigenvalue weighted by Crippen LogP contribution is -2.52. The molecule has 102 valence electrons. The van der Waals surface area contributed by atoms with E-state index < -0.39 is 0 Å². The van der Waals surface area contributed by atoms with E-state index in [1.807, 2.05) is 26.8 Å². The van der Waals surface area contributed by atoms with Gasteiger partial charge < -0.3 is 15.0 Å². The molecule has 17 heavy (non-hydrogen) atoms. The van der Waals surface area contributed by atoms with Gasteiger partial charge in [-0.2, -0.15) is 0 Å². The fourth-order valence-electron chi connectivity index (χ4n) is 1.45. The van der Waals surface area contributed by atoms with Crippen LogP contribution in [-0.2, 0) is 0 Å². The van der Waals surface area contributed by atoms with Crippen LogP contribution in [0.1, 0.15) is 48.0 Å². The lowest BCUT2D eigenvalue weighted by atomic mass is 9.88. The van der Waals surface area contributed by atoms with Crippen LogP contribution in [0.15, 0.2) is 11.6 Å². The van der Waals surface area contributed by atoms with Gasteiger partial charge in [-0.05, 0) is 44.3 Å². The second-order valence-electron chi connectivity index (χ2n) is 7.21. The van der Waals surface area contributed by atoms with E-state index in [4.69, 9.17) is 0 Å². The van der Waals surface area contributed by atoms with Gasteiger partial charge in [0.05, 0.1) is 25.7 Å². The van der Waals surface area contributed by atoms with Crippen LogP contribution in [0.4, 0.5) is 0 Å². The van der Waals surface area contributed by atoms with Crippen LogP contribution in [0.2, 0.25) is 0 Å². The molecule has 0 saturated carbocycles. The molecule has 0 aromatic rings. The first-order chi connectivity index (χ1) is 7.39. The van der Waals surface area contributed by atoms with Gasteiger partial charge in [-0.15, -0.1) is 0 Å². The Labute approximate surface area is 106 Å². The van der Waals surface area contributed by atoms with Gasteiger partial charge in [0.2, 0.25) is 0 Å². The molecular weight excluding hydrogens is 214 g/mol. The molecule has 0 bridgehead atoms. The van der Waals surface area contributed by atoms with Gasteiger partial charge in [0.25, 0.3) is 0 Å². The molecule has 1 atom stereocenters. The van der Waals surface area contributed by atoms with E-state index in [1.165, 1.54) is 0 Å². The molecule has 3 nitrogen and oxygen atoms in total. The van der Waals surface area contributed by atoms with Gasteiger partial charge in [0.1, 0.15) is 0 Å². The molecule has 1 N–H and O–H groups in total. The molecule has 0 saturated heterocycles. The Kier molecular flexibility index (Phi) is 5.38. The smallest absolute Gasteiger partial charge is 0.0976 e. The van der Waals surface area contributed by atoms with E-state index in [0.717, 1.165) is 12.0 Å². The van der Waals surface area contributed by atoms with Crippen molar-refractivity contribution >= 4 is 0 Å². The van der Waals surface area contributed by atoms with Crippen molar-refractivity contribution in [1.82, 2.24) is 0 Å². The average molecular weight is 243 g/mol. The first kappa shape index (κ1) is 16.6. The van der Waals surface area contributed by atoms with Crippen LogP contribution < -0.4 is 0 Å². The normalized spacial score (nSPS) is 18.1. The van der Waals surface area contributed by atoms with Crippen LogP contribution in [0.3, 0.4) is 0 Å². The highest BCUT2D eigenvalue weighted by molar-refractivity contribution is 5.05. The van der Waals surface area contributed by atoms with E-state index >= 15 is 0 Å². The zero-order valence-electron chi connectivity index (χ0n) is 12.5. The van der Waals surface area contributed by atoms with Crippen molar-refractivity contribution in [2.24, 2.45) is 5.41 Å². The van der Waals surface area contributed by atoms with Crippen LogP contribution >= 0.6 is 0 Å². The number of aliphatic hydroxyl groups is 1. The summed E-state index contributed by atoms with van der Waals surface area (Å²) in [5.41, 5.74) is 0.767. The maximum atomic E-state index is 12.3. The van der Waals surface area contributed by atoms with Crippen molar-refractivity contribution in [2.75, 3.05) is 20.2 Å². The number of likely N-dealkylation sites (N-methyl/N-ethyl adjacent to an activating group) is 1. The summed E-state index contributed by atoms with van der Waals surface area (Å²) in [7, 11) is 1.68.